The summed E-state index contributed by atoms with van der Waals surface area (Å²) >= 11 is 0. The molecule has 194 valence electrons. The molecule has 0 atom stereocenters. The number of hydrogen-bond acceptors (Lipinski definition) is 1. The molecular weight excluding hydrogens is 476 g/mol. The second-order valence-electron chi connectivity index (χ2n) is 10.8. The molecule has 4 heteroatoms. The number of likely N-dealkylation sites (tertiary alicyclic amines) is 1. The summed E-state index contributed by atoms with van der Waals surface area (Å²) in [7, 11) is 0. The van der Waals surface area contributed by atoms with E-state index in [0.29, 0.717) is 0 Å². The third kappa shape index (κ3) is 6.52. The predicted octanol–water partition coefficient (Wildman–Crippen LogP) is 7.96. The van der Waals surface area contributed by atoms with E-state index in [0.717, 1.165) is 36.2 Å². The Morgan fingerprint density at radius 3 is 2.19 bits per heavy atom. The molecular formula is C33H40ClN2O+. The Bertz CT molecular complexity index is 1240. The molecule has 3 aromatic carbocycles. The Labute approximate surface area is 228 Å². The Morgan fingerprint density at radius 1 is 0.838 bits per heavy atom. The van der Waals surface area contributed by atoms with Crippen molar-refractivity contribution in [2.45, 2.75) is 58.9 Å². The molecule has 1 amide bonds. The molecule has 2 aliphatic rings. The molecule has 3 aromatic rings. The van der Waals surface area contributed by atoms with Gasteiger partial charge in [-0.15, -0.1) is 12.4 Å². The highest BCUT2D eigenvalue weighted by Gasteiger charge is 2.27. The fourth-order valence-electron chi connectivity index (χ4n) is 5.83. The molecule has 1 aliphatic carbocycles. The van der Waals surface area contributed by atoms with Gasteiger partial charge in [0.15, 0.2) is 0 Å². The van der Waals surface area contributed by atoms with Crippen molar-refractivity contribution < 1.29 is 9.28 Å². The van der Waals surface area contributed by atoms with Crippen LogP contribution in [-0.4, -0.2) is 30.0 Å². The zero-order chi connectivity index (χ0) is 25.0. The molecule has 5 rings (SSSR count). The molecule has 37 heavy (non-hydrogen) atoms. The van der Waals surface area contributed by atoms with Crippen LogP contribution in [0.2, 0.25) is 0 Å². The zero-order valence-corrected chi connectivity index (χ0v) is 23.1. The maximum Gasteiger partial charge on any atom is 0.251 e. The Hall–Kier alpha value is -2.88. The van der Waals surface area contributed by atoms with Crippen molar-refractivity contribution in [1.82, 2.24) is 0 Å². The summed E-state index contributed by atoms with van der Waals surface area (Å²) in [6.45, 7) is 9.30. The first kappa shape index (κ1) is 27.2. The first-order valence-corrected chi connectivity index (χ1v) is 13.7. The number of hydrogen-bond donors (Lipinski definition) is 1. The molecule has 0 spiro atoms. The predicted molar refractivity (Wildman–Crippen MR) is 158 cm³/mol. The fourth-order valence-corrected chi connectivity index (χ4v) is 5.83. The van der Waals surface area contributed by atoms with Crippen molar-refractivity contribution in [3.8, 4) is 11.1 Å². The van der Waals surface area contributed by atoms with Crippen molar-refractivity contribution in [2.24, 2.45) is 0 Å². The number of quaternary nitrogens is 1. The minimum atomic E-state index is 0. The largest absolute Gasteiger partial charge is 0.322 e. The first-order valence-electron chi connectivity index (χ1n) is 13.7. The number of anilines is 1. The number of benzene rings is 3. The summed E-state index contributed by atoms with van der Waals surface area (Å²) in [6, 6.07) is 23.8. The third-order valence-corrected chi connectivity index (χ3v) is 8.23. The molecule has 0 radical (unpaired) electrons. The maximum absolute atomic E-state index is 13.1. The quantitative estimate of drug-likeness (QED) is 0.331. The van der Waals surface area contributed by atoms with Crippen LogP contribution in [0.5, 0.6) is 0 Å². The van der Waals surface area contributed by atoms with Crippen molar-refractivity contribution in [2.75, 3.05) is 25.0 Å². The smallest absolute Gasteiger partial charge is 0.251 e. The monoisotopic (exact) mass is 515 g/mol. The Morgan fingerprint density at radius 2 is 1.51 bits per heavy atom. The molecule has 1 N–H and O–H groups in total. The standard InChI is InChI=1S/C33H38N2O.ClH/c1-3-35(20-6-4-5-7-21-35)24-26-10-18-32(19-11-26)34-33(36)30-17-15-28-14-16-29(22-31(28)23-30)27-12-8-25(2)9-13-27;/h8-14,16,18-19,22-23H,3-7,15,17,20-21,24H2,1-2H3;1H/p+1. The second-order valence-corrected chi connectivity index (χ2v) is 10.8. The van der Waals surface area contributed by atoms with Crippen LogP contribution in [0.1, 0.15) is 61.3 Å². The van der Waals surface area contributed by atoms with E-state index in [1.165, 1.54) is 77.6 Å². The van der Waals surface area contributed by atoms with Gasteiger partial charge in [0.25, 0.3) is 5.91 Å². The number of amides is 1. The van der Waals surface area contributed by atoms with Gasteiger partial charge in [-0.05, 0) is 98.9 Å². The number of nitrogens with one attached hydrogen (secondary N) is 1. The average molecular weight is 516 g/mol. The first-order chi connectivity index (χ1) is 17.5. The maximum atomic E-state index is 13.1. The van der Waals surface area contributed by atoms with Gasteiger partial charge in [0.05, 0.1) is 19.6 Å². The molecule has 0 aromatic heterocycles. The lowest BCUT2D eigenvalue weighted by molar-refractivity contribution is -0.938. The van der Waals surface area contributed by atoms with E-state index >= 15 is 0 Å². The summed E-state index contributed by atoms with van der Waals surface area (Å²) in [5.41, 5.74) is 9.23. The third-order valence-electron chi connectivity index (χ3n) is 8.23. The minimum Gasteiger partial charge on any atom is -0.322 e. The number of rotatable bonds is 6. The van der Waals surface area contributed by atoms with Crippen molar-refractivity contribution >= 4 is 30.1 Å². The molecule has 1 fully saturated rings. The molecule has 0 bridgehead atoms. The number of carbonyl (C=O) groups excluding carboxylic acids is 1. The van der Waals surface area contributed by atoms with Crippen LogP contribution in [-0.2, 0) is 17.8 Å². The van der Waals surface area contributed by atoms with E-state index in [9.17, 15) is 4.79 Å². The highest BCUT2D eigenvalue weighted by Crippen LogP contribution is 2.30. The molecule has 1 aliphatic heterocycles. The lowest BCUT2D eigenvalue weighted by Crippen LogP contribution is -2.47. The van der Waals surface area contributed by atoms with Crippen molar-refractivity contribution in [3.63, 3.8) is 0 Å². The Kier molecular flexibility index (Phi) is 8.89. The summed E-state index contributed by atoms with van der Waals surface area (Å²) in [5, 5.41) is 3.15. The lowest BCUT2D eigenvalue weighted by atomic mass is 9.89. The lowest BCUT2D eigenvalue weighted by Gasteiger charge is -2.37. The number of fused-ring (bicyclic) bond motifs is 1. The molecule has 1 saturated heterocycles. The summed E-state index contributed by atoms with van der Waals surface area (Å²) in [6.07, 6.45) is 9.18. The topological polar surface area (TPSA) is 29.1 Å². The SMILES string of the molecule is CC[N+]1(Cc2ccc(NC(=O)C3=Cc4cc(-c5ccc(C)cc5)ccc4CC3)cc2)CCCCCC1.Cl. The van der Waals surface area contributed by atoms with Gasteiger partial charge < -0.3 is 9.80 Å². The van der Waals surface area contributed by atoms with Gasteiger partial charge in [0.2, 0.25) is 0 Å². The van der Waals surface area contributed by atoms with E-state index in [1.54, 1.807) is 0 Å². The van der Waals surface area contributed by atoms with Crippen LogP contribution < -0.4 is 5.32 Å². The van der Waals surface area contributed by atoms with Crippen LogP contribution >= 0.6 is 12.4 Å². The van der Waals surface area contributed by atoms with Gasteiger partial charge in [0, 0.05) is 16.8 Å². The molecule has 3 nitrogen and oxygen atoms in total. The van der Waals surface area contributed by atoms with Gasteiger partial charge in [-0.25, -0.2) is 0 Å². The number of halogens is 1. The van der Waals surface area contributed by atoms with E-state index in [1.807, 2.05) is 0 Å². The van der Waals surface area contributed by atoms with Crippen LogP contribution in [0.3, 0.4) is 0 Å². The van der Waals surface area contributed by atoms with Gasteiger partial charge in [-0.1, -0.05) is 54.1 Å². The highest BCUT2D eigenvalue weighted by molar-refractivity contribution is 6.07. The molecule has 0 saturated carbocycles. The average Bonchev–Trinajstić information content (AvgIpc) is 3.15. The normalized spacial score (nSPS) is 16.5. The van der Waals surface area contributed by atoms with E-state index in [2.05, 4.69) is 92.0 Å². The minimum absolute atomic E-state index is 0. The fraction of sp³-hybridized carbons (Fsp3) is 0.364. The zero-order valence-electron chi connectivity index (χ0n) is 22.3. The van der Waals surface area contributed by atoms with Crippen LogP contribution in [0.15, 0.2) is 72.3 Å². The summed E-state index contributed by atoms with van der Waals surface area (Å²) in [4.78, 5) is 13.1. The van der Waals surface area contributed by atoms with Gasteiger partial charge >= 0.3 is 0 Å². The highest BCUT2D eigenvalue weighted by atomic mass is 35.5. The van der Waals surface area contributed by atoms with E-state index in [4.69, 9.17) is 0 Å². The second kappa shape index (κ2) is 12.1. The summed E-state index contributed by atoms with van der Waals surface area (Å²) in [5.74, 6) is 0.0127. The van der Waals surface area contributed by atoms with E-state index in [-0.39, 0.29) is 18.3 Å². The van der Waals surface area contributed by atoms with Crippen LogP contribution in [0.25, 0.3) is 17.2 Å². The van der Waals surface area contributed by atoms with Crippen molar-refractivity contribution in [1.29, 1.82) is 0 Å². The molecule has 0 unspecified atom stereocenters. The van der Waals surface area contributed by atoms with Crippen molar-refractivity contribution in [3.05, 3.63) is 94.6 Å². The summed E-state index contributed by atoms with van der Waals surface area (Å²) < 4.78 is 1.20. The molecule has 1 heterocycles. The van der Waals surface area contributed by atoms with E-state index < -0.39 is 0 Å². The number of aryl methyl sites for hydroxylation is 2. The van der Waals surface area contributed by atoms with Gasteiger partial charge in [-0.3, -0.25) is 4.79 Å². The Balaban J connectivity index is 0.00000320. The van der Waals surface area contributed by atoms with Gasteiger partial charge in [-0.2, -0.15) is 0 Å². The number of carbonyl (C=O) groups is 1. The van der Waals surface area contributed by atoms with Crippen LogP contribution in [0.4, 0.5) is 5.69 Å². The van der Waals surface area contributed by atoms with Gasteiger partial charge in [0.1, 0.15) is 6.54 Å². The van der Waals surface area contributed by atoms with Crippen LogP contribution in [0, 0.1) is 6.92 Å². The number of nitrogens with zero attached hydrogens (tertiary/aromatic N) is 1.